The summed E-state index contributed by atoms with van der Waals surface area (Å²) in [5, 5.41) is 9.08. The Bertz CT molecular complexity index is 653. The van der Waals surface area contributed by atoms with E-state index in [0.29, 0.717) is 11.6 Å². The van der Waals surface area contributed by atoms with Crippen LogP contribution in [0.2, 0.25) is 0 Å². The Hall–Kier alpha value is -1.43. The maximum atomic E-state index is 12.2. The topological polar surface area (TPSA) is 54.0 Å². The maximum absolute atomic E-state index is 12.2. The van der Waals surface area contributed by atoms with Crippen molar-refractivity contribution in [3.63, 3.8) is 0 Å². The molecule has 1 amide bonds. The van der Waals surface area contributed by atoms with Gasteiger partial charge in [0.2, 0.25) is 0 Å². The number of aromatic nitrogens is 1. The number of benzene rings is 1. The molecule has 1 aromatic heterocycles. The highest BCUT2D eigenvalue weighted by Crippen LogP contribution is 2.26. The number of aryl methyl sites for hydroxylation is 1. The molecule has 1 aromatic carbocycles. The van der Waals surface area contributed by atoms with Crippen molar-refractivity contribution >= 4 is 29.7 Å². The van der Waals surface area contributed by atoms with E-state index >= 15 is 0 Å². The van der Waals surface area contributed by atoms with Crippen LogP contribution in [0, 0.1) is 12.8 Å². The van der Waals surface area contributed by atoms with Crippen LogP contribution in [0.5, 0.6) is 0 Å². The summed E-state index contributed by atoms with van der Waals surface area (Å²) in [6.45, 7) is 4.96. The number of rotatable bonds is 5. The van der Waals surface area contributed by atoms with Crippen molar-refractivity contribution < 1.29 is 4.79 Å². The van der Waals surface area contributed by atoms with E-state index in [2.05, 4.69) is 28.6 Å². The van der Waals surface area contributed by atoms with E-state index in [4.69, 9.17) is 0 Å². The molecule has 0 saturated carbocycles. The Morgan fingerprint density at radius 3 is 3.00 bits per heavy atom. The highest BCUT2D eigenvalue weighted by atomic mass is 35.5. The Balaban J connectivity index is 0.00000192. The molecule has 0 aliphatic carbocycles. The molecule has 0 radical (unpaired) electrons. The van der Waals surface area contributed by atoms with Gasteiger partial charge in [-0.3, -0.25) is 4.79 Å². The summed E-state index contributed by atoms with van der Waals surface area (Å²) in [6.07, 6.45) is 2.25. The molecular weight excluding hydrogens is 330 g/mol. The standard InChI is InChI=1S/C17H21N3OS.ClH/c1-12-4-2-3-5-14(12)17-20-15(11-22-17)16(21)19-9-7-13-6-8-18-10-13;/h2-5,11,13,18H,6-10H2,1H3,(H,19,21);1H. The zero-order valence-electron chi connectivity index (χ0n) is 13.2. The Labute approximate surface area is 147 Å². The van der Waals surface area contributed by atoms with Crippen molar-refractivity contribution in [2.24, 2.45) is 5.92 Å². The van der Waals surface area contributed by atoms with Gasteiger partial charge in [0.1, 0.15) is 10.7 Å². The summed E-state index contributed by atoms with van der Waals surface area (Å²) >= 11 is 1.52. The van der Waals surface area contributed by atoms with Crippen molar-refractivity contribution in [3.05, 3.63) is 40.9 Å². The second kappa shape index (κ2) is 8.43. The summed E-state index contributed by atoms with van der Waals surface area (Å²) < 4.78 is 0. The van der Waals surface area contributed by atoms with Crippen LogP contribution in [0.4, 0.5) is 0 Å². The van der Waals surface area contributed by atoms with Gasteiger partial charge in [0, 0.05) is 17.5 Å². The minimum atomic E-state index is -0.0676. The van der Waals surface area contributed by atoms with Gasteiger partial charge in [-0.1, -0.05) is 24.3 Å². The number of hydrogen-bond acceptors (Lipinski definition) is 4. The molecule has 2 N–H and O–H groups in total. The predicted octanol–water partition coefficient (Wildman–Crippen LogP) is 3.27. The average Bonchev–Trinajstić information content (AvgIpc) is 3.19. The second-order valence-corrected chi connectivity index (χ2v) is 6.61. The predicted molar refractivity (Wildman–Crippen MR) is 97.5 cm³/mol. The summed E-state index contributed by atoms with van der Waals surface area (Å²) in [5.41, 5.74) is 2.80. The first-order valence-corrected chi connectivity index (χ1v) is 8.62. The molecule has 6 heteroatoms. The van der Waals surface area contributed by atoms with Gasteiger partial charge in [0.15, 0.2) is 0 Å². The molecule has 1 aliphatic heterocycles. The van der Waals surface area contributed by atoms with Gasteiger partial charge < -0.3 is 10.6 Å². The van der Waals surface area contributed by atoms with Crippen molar-refractivity contribution in [3.8, 4) is 10.6 Å². The smallest absolute Gasteiger partial charge is 0.270 e. The van der Waals surface area contributed by atoms with Gasteiger partial charge in [-0.25, -0.2) is 4.98 Å². The van der Waals surface area contributed by atoms with Gasteiger partial charge >= 0.3 is 0 Å². The van der Waals surface area contributed by atoms with Crippen LogP contribution < -0.4 is 10.6 Å². The highest BCUT2D eigenvalue weighted by Gasteiger charge is 2.16. The SMILES string of the molecule is Cc1ccccc1-c1nc(C(=O)NCCC2CCNC2)cs1.Cl. The van der Waals surface area contributed by atoms with Crippen LogP contribution in [-0.2, 0) is 0 Å². The van der Waals surface area contributed by atoms with Gasteiger partial charge in [0.05, 0.1) is 0 Å². The number of nitrogens with zero attached hydrogens (tertiary/aromatic N) is 1. The van der Waals surface area contributed by atoms with E-state index < -0.39 is 0 Å². The Morgan fingerprint density at radius 2 is 2.26 bits per heavy atom. The quantitative estimate of drug-likeness (QED) is 0.869. The molecule has 1 saturated heterocycles. The third-order valence-electron chi connectivity index (χ3n) is 4.11. The van der Waals surface area contributed by atoms with E-state index in [9.17, 15) is 4.79 Å². The zero-order chi connectivity index (χ0) is 15.4. The molecule has 4 nitrogen and oxygen atoms in total. The molecule has 0 bridgehead atoms. The summed E-state index contributed by atoms with van der Waals surface area (Å²) in [5.74, 6) is 0.625. The average molecular weight is 352 g/mol. The zero-order valence-corrected chi connectivity index (χ0v) is 14.8. The fourth-order valence-electron chi connectivity index (χ4n) is 2.76. The Kier molecular flexibility index (Phi) is 6.57. The molecule has 1 fully saturated rings. The van der Waals surface area contributed by atoms with Gasteiger partial charge in [-0.15, -0.1) is 23.7 Å². The van der Waals surface area contributed by atoms with Crippen LogP contribution in [0.3, 0.4) is 0 Å². The molecule has 1 atom stereocenters. The fraction of sp³-hybridized carbons (Fsp3) is 0.412. The van der Waals surface area contributed by atoms with Crippen LogP contribution in [0.15, 0.2) is 29.6 Å². The lowest BCUT2D eigenvalue weighted by Crippen LogP contribution is -2.26. The van der Waals surface area contributed by atoms with Gasteiger partial charge in [-0.2, -0.15) is 0 Å². The lowest BCUT2D eigenvalue weighted by atomic mass is 10.1. The summed E-state index contributed by atoms with van der Waals surface area (Å²) in [4.78, 5) is 16.7. The van der Waals surface area contributed by atoms with E-state index in [-0.39, 0.29) is 18.3 Å². The van der Waals surface area contributed by atoms with Crippen LogP contribution in [0.1, 0.15) is 28.9 Å². The third kappa shape index (κ3) is 4.53. The molecule has 3 rings (SSSR count). The normalized spacial score (nSPS) is 16.8. The van der Waals surface area contributed by atoms with Crippen LogP contribution in [-0.4, -0.2) is 30.5 Å². The van der Waals surface area contributed by atoms with Crippen molar-refractivity contribution in [1.29, 1.82) is 0 Å². The van der Waals surface area contributed by atoms with Crippen LogP contribution in [0.25, 0.3) is 10.6 Å². The molecule has 2 heterocycles. The van der Waals surface area contributed by atoms with E-state index in [1.165, 1.54) is 23.3 Å². The summed E-state index contributed by atoms with van der Waals surface area (Å²) in [6, 6.07) is 8.12. The number of thiazole rings is 1. The number of carbonyl (C=O) groups excluding carboxylic acids is 1. The lowest BCUT2D eigenvalue weighted by molar-refractivity contribution is 0.0947. The first-order valence-electron chi connectivity index (χ1n) is 7.74. The molecule has 23 heavy (non-hydrogen) atoms. The maximum Gasteiger partial charge on any atom is 0.270 e. The first kappa shape index (κ1) is 17.9. The molecule has 1 unspecified atom stereocenters. The number of hydrogen-bond donors (Lipinski definition) is 2. The van der Waals surface area contributed by atoms with Crippen molar-refractivity contribution in [1.82, 2.24) is 15.6 Å². The van der Waals surface area contributed by atoms with E-state index in [1.54, 1.807) is 0 Å². The van der Waals surface area contributed by atoms with Crippen LogP contribution >= 0.6 is 23.7 Å². The number of carbonyl (C=O) groups is 1. The fourth-order valence-corrected chi connectivity index (χ4v) is 3.65. The second-order valence-electron chi connectivity index (χ2n) is 5.76. The molecular formula is C17H22ClN3OS. The third-order valence-corrected chi connectivity index (χ3v) is 4.99. The minimum absolute atomic E-state index is 0. The molecule has 2 aromatic rings. The first-order chi connectivity index (χ1) is 10.7. The molecule has 1 aliphatic rings. The van der Waals surface area contributed by atoms with Crippen molar-refractivity contribution in [2.75, 3.05) is 19.6 Å². The van der Waals surface area contributed by atoms with Crippen molar-refractivity contribution in [2.45, 2.75) is 19.8 Å². The monoisotopic (exact) mass is 351 g/mol. The molecule has 0 spiro atoms. The lowest BCUT2D eigenvalue weighted by Gasteiger charge is -2.08. The van der Waals surface area contributed by atoms with Gasteiger partial charge in [-0.05, 0) is 44.3 Å². The number of nitrogens with one attached hydrogen (secondary N) is 2. The number of halogens is 1. The number of amides is 1. The Morgan fingerprint density at radius 1 is 1.43 bits per heavy atom. The molecule has 124 valence electrons. The largest absolute Gasteiger partial charge is 0.351 e. The van der Waals surface area contributed by atoms with E-state index in [1.807, 2.05) is 23.6 Å². The minimum Gasteiger partial charge on any atom is -0.351 e. The van der Waals surface area contributed by atoms with E-state index in [0.717, 1.165) is 36.6 Å². The van der Waals surface area contributed by atoms with Gasteiger partial charge in [0.25, 0.3) is 5.91 Å². The summed E-state index contributed by atoms with van der Waals surface area (Å²) in [7, 11) is 0. The highest BCUT2D eigenvalue weighted by molar-refractivity contribution is 7.13.